The van der Waals surface area contributed by atoms with E-state index in [-0.39, 0.29) is 12.0 Å². The lowest BCUT2D eigenvalue weighted by Crippen LogP contribution is -2.34. The molecule has 0 aromatic carbocycles. The average Bonchev–Trinajstić information content (AvgIpc) is 2.53. The van der Waals surface area contributed by atoms with Crippen LogP contribution in [0, 0.1) is 5.92 Å². The van der Waals surface area contributed by atoms with Crippen LogP contribution < -0.4 is 0 Å². The van der Waals surface area contributed by atoms with Crippen molar-refractivity contribution in [2.45, 2.75) is 51.0 Å². The minimum absolute atomic E-state index is 0.248. The monoisotopic (exact) mass is 211 g/mol. The SMILES string of the molecule is O=C(C1CCCCCC1)N1CCC(O)C1. The van der Waals surface area contributed by atoms with Crippen LogP contribution in [0.1, 0.15) is 44.9 Å². The largest absolute Gasteiger partial charge is 0.391 e. The Morgan fingerprint density at radius 2 is 1.73 bits per heavy atom. The number of amides is 1. The zero-order valence-electron chi connectivity index (χ0n) is 9.32. The third-order valence-electron chi connectivity index (χ3n) is 3.68. The molecule has 0 spiro atoms. The number of aliphatic hydroxyl groups is 1. The van der Waals surface area contributed by atoms with Gasteiger partial charge in [0.15, 0.2) is 0 Å². The van der Waals surface area contributed by atoms with Crippen LogP contribution in [0.5, 0.6) is 0 Å². The van der Waals surface area contributed by atoms with E-state index in [9.17, 15) is 9.90 Å². The van der Waals surface area contributed by atoms with E-state index in [2.05, 4.69) is 0 Å². The summed E-state index contributed by atoms with van der Waals surface area (Å²) in [5, 5.41) is 9.41. The average molecular weight is 211 g/mol. The molecule has 1 saturated carbocycles. The Kier molecular flexibility index (Phi) is 3.62. The molecule has 0 aromatic rings. The van der Waals surface area contributed by atoms with Gasteiger partial charge in [0.1, 0.15) is 0 Å². The van der Waals surface area contributed by atoms with Crippen molar-refractivity contribution in [1.82, 2.24) is 4.90 Å². The molecule has 2 fully saturated rings. The maximum absolute atomic E-state index is 12.1. The van der Waals surface area contributed by atoms with Crippen LogP contribution in [0.3, 0.4) is 0 Å². The van der Waals surface area contributed by atoms with Gasteiger partial charge in [-0.3, -0.25) is 4.79 Å². The van der Waals surface area contributed by atoms with E-state index in [0.29, 0.717) is 12.5 Å². The van der Waals surface area contributed by atoms with Crippen molar-refractivity contribution < 1.29 is 9.90 Å². The molecule has 0 aromatic heterocycles. The normalized spacial score (nSPS) is 29.1. The lowest BCUT2D eigenvalue weighted by molar-refractivity contribution is -0.135. The molecule has 1 amide bonds. The summed E-state index contributed by atoms with van der Waals surface area (Å²) in [6.45, 7) is 1.33. The highest BCUT2D eigenvalue weighted by molar-refractivity contribution is 5.79. The van der Waals surface area contributed by atoms with Gasteiger partial charge in [0.05, 0.1) is 6.10 Å². The van der Waals surface area contributed by atoms with Gasteiger partial charge in [0, 0.05) is 19.0 Å². The molecule has 1 saturated heterocycles. The smallest absolute Gasteiger partial charge is 0.225 e. The number of rotatable bonds is 1. The van der Waals surface area contributed by atoms with E-state index in [1.807, 2.05) is 4.90 Å². The standard InChI is InChI=1S/C12H21NO2/c14-11-7-8-13(9-11)12(15)10-5-3-1-2-4-6-10/h10-11,14H,1-9H2. The summed E-state index contributed by atoms with van der Waals surface area (Å²) < 4.78 is 0. The Morgan fingerprint density at radius 1 is 1.07 bits per heavy atom. The summed E-state index contributed by atoms with van der Waals surface area (Å²) in [5.74, 6) is 0.547. The predicted octanol–water partition coefficient (Wildman–Crippen LogP) is 1.55. The lowest BCUT2D eigenvalue weighted by Gasteiger charge is -2.21. The number of carbonyl (C=O) groups is 1. The molecule has 1 N–H and O–H groups in total. The van der Waals surface area contributed by atoms with Crippen molar-refractivity contribution >= 4 is 5.91 Å². The van der Waals surface area contributed by atoms with Crippen LogP contribution in [0.4, 0.5) is 0 Å². The van der Waals surface area contributed by atoms with Crippen LogP contribution in [-0.4, -0.2) is 35.1 Å². The van der Waals surface area contributed by atoms with Gasteiger partial charge in [-0.25, -0.2) is 0 Å². The minimum Gasteiger partial charge on any atom is -0.391 e. The summed E-state index contributed by atoms with van der Waals surface area (Å²) in [6.07, 6.45) is 7.58. The molecule has 0 bridgehead atoms. The van der Waals surface area contributed by atoms with E-state index >= 15 is 0 Å². The molecule has 1 heterocycles. The van der Waals surface area contributed by atoms with Crippen molar-refractivity contribution in [3.63, 3.8) is 0 Å². The topological polar surface area (TPSA) is 40.5 Å². The second kappa shape index (κ2) is 4.97. The van der Waals surface area contributed by atoms with Gasteiger partial charge in [0.25, 0.3) is 0 Å². The van der Waals surface area contributed by atoms with Gasteiger partial charge in [0.2, 0.25) is 5.91 Å². The Bertz CT molecular complexity index is 222. The van der Waals surface area contributed by atoms with Gasteiger partial charge < -0.3 is 10.0 Å². The van der Waals surface area contributed by atoms with Gasteiger partial charge >= 0.3 is 0 Å². The fourth-order valence-electron chi connectivity index (χ4n) is 2.73. The fraction of sp³-hybridized carbons (Fsp3) is 0.917. The molecule has 86 valence electrons. The van der Waals surface area contributed by atoms with E-state index in [1.165, 1.54) is 25.7 Å². The number of β-amino-alcohol motifs (C(OH)–C–C–N with tert-alkyl or cyclic N) is 1. The number of nitrogens with zero attached hydrogens (tertiary/aromatic N) is 1. The summed E-state index contributed by atoms with van der Waals surface area (Å²) >= 11 is 0. The third-order valence-corrected chi connectivity index (χ3v) is 3.68. The van der Waals surface area contributed by atoms with Crippen LogP contribution in [0.2, 0.25) is 0 Å². The van der Waals surface area contributed by atoms with Gasteiger partial charge in [-0.1, -0.05) is 25.7 Å². The number of likely N-dealkylation sites (tertiary alicyclic amines) is 1. The maximum atomic E-state index is 12.1. The van der Waals surface area contributed by atoms with Crippen LogP contribution in [-0.2, 0) is 4.79 Å². The Hall–Kier alpha value is -0.570. The second-order valence-electron chi connectivity index (χ2n) is 4.92. The number of aliphatic hydroxyl groups excluding tert-OH is 1. The summed E-state index contributed by atoms with van der Waals surface area (Å²) in [5.41, 5.74) is 0. The Labute approximate surface area is 91.5 Å². The van der Waals surface area contributed by atoms with Gasteiger partial charge in [-0.15, -0.1) is 0 Å². The van der Waals surface area contributed by atoms with Crippen molar-refractivity contribution in [1.29, 1.82) is 0 Å². The zero-order chi connectivity index (χ0) is 10.7. The number of hydrogen-bond donors (Lipinski definition) is 1. The molecule has 2 rings (SSSR count). The molecular formula is C12H21NO2. The molecule has 1 unspecified atom stereocenters. The predicted molar refractivity (Wildman–Crippen MR) is 58.4 cm³/mol. The maximum Gasteiger partial charge on any atom is 0.225 e. The van der Waals surface area contributed by atoms with Gasteiger partial charge in [-0.2, -0.15) is 0 Å². The Morgan fingerprint density at radius 3 is 2.27 bits per heavy atom. The molecule has 1 aliphatic carbocycles. The highest BCUT2D eigenvalue weighted by atomic mass is 16.3. The highest BCUT2D eigenvalue weighted by Crippen LogP contribution is 2.25. The highest BCUT2D eigenvalue weighted by Gasteiger charge is 2.29. The van der Waals surface area contributed by atoms with Crippen LogP contribution in [0.15, 0.2) is 0 Å². The first kappa shape index (κ1) is 10.9. The van der Waals surface area contributed by atoms with Crippen molar-refractivity contribution in [3.8, 4) is 0 Å². The quantitative estimate of drug-likeness (QED) is 0.668. The third kappa shape index (κ3) is 2.71. The first-order valence-electron chi connectivity index (χ1n) is 6.24. The van der Waals surface area contributed by atoms with E-state index in [0.717, 1.165) is 25.8 Å². The van der Waals surface area contributed by atoms with E-state index in [4.69, 9.17) is 0 Å². The first-order valence-corrected chi connectivity index (χ1v) is 6.24. The zero-order valence-corrected chi connectivity index (χ0v) is 9.32. The summed E-state index contributed by atoms with van der Waals surface area (Å²) in [7, 11) is 0. The van der Waals surface area contributed by atoms with E-state index in [1.54, 1.807) is 0 Å². The molecular weight excluding hydrogens is 190 g/mol. The first-order chi connectivity index (χ1) is 7.27. The second-order valence-corrected chi connectivity index (χ2v) is 4.92. The number of hydrogen-bond acceptors (Lipinski definition) is 2. The van der Waals surface area contributed by atoms with Gasteiger partial charge in [-0.05, 0) is 19.3 Å². The molecule has 15 heavy (non-hydrogen) atoms. The molecule has 1 aliphatic heterocycles. The fourth-order valence-corrected chi connectivity index (χ4v) is 2.73. The van der Waals surface area contributed by atoms with Crippen molar-refractivity contribution in [2.75, 3.05) is 13.1 Å². The Balaban J connectivity index is 1.88. The molecule has 3 heteroatoms. The molecule has 2 aliphatic rings. The lowest BCUT2D eigenvalue weighted by atomic mass is 9.99. The van der Waals surface area contributed by atoms with Crippen LogP contribution >= 0.6 is 0 Å². The molecule has 3 nitrogen and oxygen atoms in total. The van der Waals surface area contributed by atoms with Crippen molar-refractivity contribution in [2.24, 2.45) is 5.92 Å². The number of carbonyl (C=O) groups excluding carboxylic acids is 1. The summed E-state index contributed by atoms with van der Waals surface area (Å²) in [6, 6.07) is 0. The van der Waals surface area contributed by atoms with Crippen molar-refractivity contribution in [3.05, 3.63) is 0 Å². The molecule has 1 atom stereocenters. The van der Waals surface area contributed by atoms with E-state index < -0.39 is 0 Å². The minimum atomic E-state index is -0.278. The summed E-state index contributed by atoms with van der Waals surface area (Å²) in [4.78, 5) is 14.0. The molecule has 0 radical (unpaired) electrons. The van der Waals surface area contributed by atoms with Crippen LogP contribution in [0.25, 0.3) is 0 Å².